The summed E-state index contributed by atoms with van der Waals surface area (Å²) in [6, 6.07) is 18.7. The molecule has 3 nitrogen and oxygen atoms in total. The van der Waals surface area contributed by atoms with Crippen LogP contribution in [0.1, 0.15) is 30.9 Å². The largest absolute Gasteiger partial charge is 0.492 e. The number of rotatable bonds is 5. The van der Waals surface area contributed by atoms with E-state index in [1.807, 2.05) is 36.4 Å². The minimum atomic E-state index is -0.0835. The maximum absolute atomic E-state index is 13.3. The highest BCUT2D eigenvalue weighted by atomic mass is 16.5. The first kappa shape index (κ1) is 16.2. The van der Waals surface area contributed by atoms with Gasteiger partial charge in [-0.3, -0.25) is 4.79 Å². The van der Waals surface area contributed by atoms with Crippen LogP contribution in [-0.2, 0) is 17.8 Å². The zero-order valence-corrected chi connectivity index (χ0v) is 14.7. The van der Waals surface area contributed by atoms with E-state index in [0.717, 1.165) is 17.7 Å². The molecule has 0 N–H and O–H groups in total. The monoisotopic (exact) mass is 335 g/mol. The van der Waals surface area contributed by atoms with Gasteiger partial charge in [-0.25, -0.2) is 0 Å². The van der Waals surface area contributed by atoms with E-state index in [1.54, 1.807) is 0 Å². The van der Waals surface area contributed by atoms with Gasteiger partial charge < -0.3 is 9.64 Å². The molecular weight excluding hydrogens is 310 g/mol. The minimum Gasteiger partial charge on any atom is -0.492 e. The van der Waals surface area contributed by atoms with Gasteiger partial charge in [-0.05, 0) is 49.3 Å². The smallest absolute Gasteiger partial charge is 0.230 e. The lowest BCUT2D eigenvalue weighted by atomic mass is 9.94. The summed E-state index contributed by atoms with van der Waals surface area (Å²) in [5.41, 5.74) is 2.34. The average Bonchev–Trinajstić information content (AvgIpc) is 3.51. The molecule has 2 aliphatic rings. The van der Waals surface area contributed by atoms with Gasteiger partial charge in [0.25, 0.3) is 0 Å². The van der Waals surface area contributed by atoms with Crippen molar-refractivity contribution in [1.82, 2.24) is 4.90 Å². The van der Waals surface area contributed by atoms with Crippen LogP contribution in [-0.4, -0.2) is 23.5 Å². The molecule has 1 aliphatic heterocycles. The van der Waals surface area contributed by atoms with Crippen molar-refractivity contribution >= 4 is 5.91 Å². The predicted octanol–water partition coefficient (Wildman–Crippen LogP) is 4.07. The summed E-state index contributed by atoms with van der Waals surface area (Å²) in [4.78, 5) is 15.4. The maximum Gasteiger partial charge on any atom is 0.230 e. The second-order valence-corrected chi connectivity index (χ2v) is 7.35. The summed E-state index contributed by atoms with van der Waals surface area (Å²) in [5.74, 6) is 1.73. The quantitative estimate of drug-likeness (QED) is 0.824. The number of hydrogen-bond donors (Lipinski definition) is 0. The van der Waals surface area contributed by atoms with Crippen molar-refractivity contribution in [2.24, 2.45) is 11.8 Å². The van der Waals surface area contributed by atoms with Crippen molar-refractivity contribution in [1.29, 1.82) is 0 Å². The second kappa shape index (κ2) is 6.91. The number of fused-ring (bicyclic) bond motifs is 1. The van der Waals surface area contributed by atoms with E-state index in [1.165, 1.54) is 18.4 Å². The topological polar surface area (TPSA) is 29.5 Å². The van der Waals surface area contributed by atoms with Gasteiger partial charge in [-0.1, -0.05) is 48.5 Å². The van der Waals surface area contributed by atoms with E-state index < -0.39 is 0 Å². The van der Waals surface area contributed by atoms with E-state index in [2.05, 4.69) is 30.0 Å². The minimum absolute atomic E-state index is 0.0835. The maximum atomic E-state index is 13.3. The summed E-state index contributed by atoms with van der Waals surface area (Å²) in [5, 5.41) is 0. The third-order valence-electron chi connectivity index (χ3n) is 5.50. The highest BCUT2D eigenvalue weighted by Crippen LogP contribution is 2.37. The van der Waals surface area contributed by atoms with Crippen LogP contribution in [0.2, 0.25) is 0 Å². The van der Waals surface area contributed by atoms with Gasteiger partial charge >= 0.3 is 0 Å². The Morgan fingerprint density at radius 1 is 1.12 bits per heavy atom. The standard InChI is InChI=1S/C22H25NO2/c1-16(18-11-12-18)23(14-17-7-3-2-4-8-17)22(24)20-13-19-9-5-6-10-21(19)25-15-20/h2-10,16,18,20H,11-15H2,1H3. The Balaban J connectivity index is 1.53. The van der Waals surface area contributed by atoms with Crippen molar-refractivity contribution in [3.63, 3.8) is 0 Å². The van der Waals surface area contributed by atoms with Crippen molar-refractivity contribution < 1.29 is 9.53 Å². The first-order chi connectivity index (χ1) is 12.2. The van der Waals surface area contributed by atoms with Crippen LogP contribution in [0.3, 0.4) is 0 Å². The normalized spacial score (nSPS) is 20.3. The molecule has 130 valence electrons. The SMILES string of the molecule is CC(C1CC1)N(Cc1ccccc1)C(=O)C1COc2ccccc2C1. The van der Waals surface area contributed by atoms with Gasteiger partial charge in [0, 0.05) is 12.6 Å². The van der Waals surface area contributed by atoms with Gasteiger partial charge in [0.1, 0.15) is 12.4 Å². The molecule has 1 aliphatic carbocycles. The third kappa shape index (κ3) is 3.55. The zero-order chi connectivity index (χ0) is 17.2. The van der Waals surface area contributed by atoms with Crippen LogP contribution in [0.4, 0.5) is 0 Å². The molecule has 0 saturated heterocycles. The molecule has 25 heavy (non-hydrogen) atoms. The van der Waals surface area contributed by atoms with Gasteiger partial charge in [-0.2, -0.15) is 0 Å². The predicted molar refractivity (Wildman–Crippen MR) is 98.3 cm³/mol. The number of ether oxygens (including phenoxy) is 1. The highest BCUT2D eigenvalue weighted by molar-refractivity contribution is 5.80. The van der Waals surface area contributed by atoms with Crippen molar-refractivity contribution in [2.75, 3.05) is 6.61 Å². The zero-order valence-electron chi connectivity index (χ0n) is 14.7. The Kier molecular flexibility index (Phi) is 4.48. The lowest BCUT2D eigenvalue weighted by Gasteiger charge is -2.34. The van der Waals surface area contributed by atoms with Gasteiger partial charge in [0.05, 0.1) is 5.92 Å². The fraction of sp³-hybridized carbons (Fsp3) is 0.409. The van der Waals surface area contributed by atoms with Crippen LogP contribution >= 0.6 is 0 Å². The Bertz CT molecular complexity index is 739. The number of carbonyl (C=O) groups is 1. The van der Waals surface area contributed by atoms with Gasteiger partial charge in [-0.15, -0.1) is 0 Å². The summed E-state index contributed by atoms with van der Waals surface area (Å²) >= 11 is 0. The van der Waals surface area contributed by atoms with Crippen molar-refractivity contribution in [2.45, 2.75) is 38.8 Å². The molecule has 0 spiro atoms. The summed E-state index contributed by atoms with van der Waals surface area (Å²) in [6.07, 6.45) is 3.26. The summed E-state index contributed by atoms with van der Waals surface area (Å²) in [7, 11) is 0. The number of nitrogens with zero attached hydrogens (tertiary/aromatic N) is 1. The molecule has 2 atom stereocenters. The molecule has 1 heterocycles. The van der Waals surface area contributed by atoms with E-state index >= 15 is 0 Å². The number of amides is 1. The Labute approximate surface area is 149 Å². The highest BCUT2D eigenvalue weighted by Gasteiger charge is 2.37. The summed E-state index contributed by atoms with van der Waals surface area (Å²) < 4.78 is 5.87. The van der Waals surface area contributed by atoms with E-state index in [4.69, 9.17) is 4.74 Å². The van der Waals surface area contributed by atoms with E-state index in [-0.39, 0.29) is 11.8 Å². The first-order valence-corrected chi connectivity index (χ1v) is 9.27. The molecule has 0 bridgehead atoms. The lowest BCUT2D eigenvalue weighted by molar-refractivity contribution is -0.140. The van der Waals surface area contributed by atoms with Crippen molar-refractivity contribution in [3.05, 3.63) is 65.7 Å². The molecule has 1 amide bonds. The average molecular weight is 335 g/mol. The summed E-state index contributed by atoms with van der Waals surface area (Å²) in [6.45, 7) is 3.38. The fourth-order valence-corrected chi connectivity index (χ4v) is 3.76. The molecular formula is C22H25NO2. The molecule has 2 aromatic carbocycles. The first-order valence-electron chi connectivity index (χ1n) is 9.27. The van der Waals surface area contributed by atoms with E-state index in [0.29, 0.717) is 25.1 Å². The van der Waals surface area contributed by atoms with Crippen molar-refractivity contribution in [3.8, 4) is 5.75 Å². The molecule has 4 rings (SSSR count). The Morgan fingerprint density at radius 3 is 2.60 bits per heavy atom. The van der Waals surface area contributed by atoms with Gasteiger partial charge in [0.15, 0.2) is 0 Å². The van der Waals surface area contributed by atoms with Crippen LogP contribution in [0.25, 0.3) is 0 Å². The number of carbonyl (C=O) groups excluding carboxylic acids is 1. The number of hydrogen-bond acceptors (Lipinski definition) is 2. The molecule has 2 unspecified atom stereocenters. The molecule has 3 heteroatoms. The fourth-order valence-electron chi connectivity index (χ4n) is 3.76. The second-order valence-electron chi connectivity index (χ2n) is 7.35. The molecule has 2 aromatic rings. The molecule has 0 radical (unpaired) electrons. The molecule has 0 aromatic heterocycles. The van der Waals surface area contributed by atoms with E-state index in [9.17, 15) is 4.79 Å². The van der Waals surface area contributed by atoms with Crippen LogP contribution in [0.15, 0.2) is 54.6 Å². The molecule has 1 saturated carbocycles. The number of para-hydroxylation sites is 1. The van der Waals surface area contributed by atoms with Gasteiger partial charge in [0.2, 0.25) is 5.91 Å². The Morgan fingerprint density at radius 2 is 1.84 bits per heavy atom. The van der Waals surface area contributed by atoms with Crippen LogP contribution in [0.5, 0.6) is 5.75 Å². The third-order valence-corrected chi connectivity index (χ3v) is 5.50. The molecule has 1 fully saturated rings. The Hall–Kier alpha value is -2.29. The van der Waals surface area contributed by atoms with Crippen LogP contribution in [0, 0.1) is 11.8 Å². The number of benzene rings is 2. The van der Waals surface area contributed by atoms with Crippen LogP contribution < -0.4 is 4.74 Å². The lowest BCUT2D eigenvalue weighted by Crippen LogP contribution is -2.45.